The molecule has 0 spiro atoms. The second-order valence-electron chi connectivity index (χ2n) is 33.1. The van der Waals surface area contributed by atoms with Crippen LogP contribution < -0.4 is 18.9 Å². The first kappa shape index (κ1) is 101. The number of hydrogen-bond donors (Lipinski definition) is 8. The zero-order valence-corrected chi connectivity index (χ0v) is 75.6. The number of hydrogen-bond acceptors (Lipinski definition) is 24. The van der Waals surface area contributed by atoms with Gasteiger partial charge in [0.1, 0.15) is 46.0 Å². The second-order valence-corrected chi connectivity index (χ2v) is 34.7. The average molecular weight is 1850 g/mol. The van der Waals surface area contributed by atoms with E-state index in [4.69, 9.17) is 85.8 Å². The van der Waals surface area contributed by atoms with Crippen molar-refractivity contribution >= 4 is 93.2 Å². The van der Waals surface area contributed by atoms with Crippen LogP contribution >= 0.6 is 46.4 Å². The van der Waals surface area contributed by atoms with Gasteiger partial charge in [0.25, 0.3) is 23.6 Å². The van der Waals surface area contributed by atoms with E-state index in [-0.39, 0.29) is 175 Å². The van der Waals surface area contributed by atoms with E-state index in [1.807, 2.05) is 55.4 Å². The maximum Gasteiger partial charge on any atom is 0.251 e. The maximum absolute atomic E-state index is 13.2. The molecule has 688 valence electrons. The Morgan fingerprint density at radius 1 is 0.320 bits per heavy atom. The molecule has 0 saturated carbocycles. The quantitative estimate of drug-likeness (QED) is 0.0177. The Morgan fingerprint density at radius 3 is 0.680 bits per heavy atom. The van der Waals surface area contributed by atoms with Gasteiger partial charge in [-0.1, -0.05) is 150 Å². The van der Waals surface area contributed by atoms with Crippen LogP contribution in [0.1, 0.15) is 104 Å². The van der Waals surface area contributed by atoms with Gasteiger partial charge < -0.3 is 79.4 Å². The molecule has 0 aliphatic carbocycles. The maximum atomic E-state index is 13.2. The van der Waals surface area contributed by atoms with E-state index in [9.17, 15) is 58.8 Å². The minimum absolute atomic E-state index is 0.0596. The number of nitrogens with zero attached hydrogens (tertiary/aromatic N) is 12. The summed E-state index contributed by atoms with van der Waals surface area (Å²) >= 11 is 24.6. The number of ether oxygens (including phenoxy) is 4. The fourth-order valence-electron chi connectivity index (χ4n) is 14.2. The highest BCUT2D eigenvalue weighted by atomic mass is 35.5. The Labute approximate surface area is 762 Å². The second kappa shape index (κ2) is 49.2. The third-order valence-corrected chi connectivity index (χ3v) is 21.5. The number of amides is 4. The molecule has 4 aliphatic rings. The molecule has 8 N–H and O–H groups in total. The normalized spacial score (nSPS) is 15.8. The molecule has 8 aromatic rings. The van der Waals surface area contributed by atoms with E-state index in [0.29, 0.717) is 115 Å². The summed E-state index contributed by atoms with van der Waals surface area (Å²) in [7, 11) is 0. The summed E-state index contributed by atoms with van der Waals surface area (Å²) in [4.78, 5) is 110. The predicted octanol–water partition coefficient (Wildman–Crippen LogP) is 8.88. The fourth-order valence-corrected chi connectivity index (χ4v) is 14.9. The minimum Gasteiger partial charge on any atom is -0.458 e. The van der Waals surface area contributed by atoms with Crippen LogP contribution in [0.5, 0.6) is 23.0 Å². The highest BCUT2D eigenvalue weighted by Gasteiger charge is 2.40. The molecule has 36 heteroatoms. The molecule has 8 heterocycles. The molecule has 4 amide bonds. The number of aliphatic hydroxyl groups is 8. The van der Waals surface area contributed by atoms with Gasteiger partial charge in [0.2, 0.25) is 0 Å². The SMILES string of the molecule is CC(C)C[C@@H](C(=O)Cc1ccn(C[C@@H](O)CO)n1)N1CC(Oc2ccccc2Cl)=CC1=O.CC(C)C[C@@H](C(=O)Cc1ccn(C[C@H](O)CO)n1)N1CC(Oc2ccccc2Cl)=CC1=O.CC(C)C[C@H](C(=O)Cc1ccn(C[C@@H](O)CO)n1)N1CC(Oc2ccccc2Cl)=CC1=O.CC(C)C[C@H](C(=O)Cc1ccn(C[C@H](O)CO)n1)N1CC(Oc2ccccc2Cl)=CC1=O. The molecule has 0 bridgehead atoms. The molecule has 8 atom stereocenters. The number of para-hydroxylation sites is 4. The lowest BCUT2D eigenvalue weighted by Gasteiger charge is -2.28. The summed E-state index contributed by atoms with van der Waals surface area (Å²) in [5.74, 6) is 2.78. The first-order valence-electron chi connectivity index (χ1n) is 42.2. The topological polar surface area (TPSA) is 420 Å². The van der Waals surface area contributed by atoms with Crippen molar-refractivity contribution in [3.63, 3.8) is 0 Å². The van der Waals surface area contributed by atoms with Gasteiger partial charge in [-0.3, -0.25) is 57.1 Å². The Hall–Kier alpha value is -10.7. The van der Waals surface area contributed by atoms with E-state index in [1.165, 1.54) is 62.6 Å². The summed E-state index contributed by atoms with van der Waals surface area (Å²) in [5.41, 5.74) is 2.17. The third-order valence-electron chi connectivity index (χ3n) is 20.3. The van der Waals surface area contributed by atoms with Gasteiger partial charge in [-0.25, -0.2) is 0 Å². The Kier molecular flexibility index (Phi) is 38.8. The van der Waals surface area contributed by atoms with Crippen molar-refractivity contribution < 1.29 is 98.2 Å². The highest BCUT2D eigenvalue weighted by Crippen LogP contribution is 2.34. The van der Waals surface area contributed by atoms with Crippen molar-refractivity contribution in [1.29, 1.82) is 0 Å². The van der Waals surface area contributed by atoms with Crippen molar-refractivity contribution in [3.8, 4) is 23.0 Å². The summed E-state index contributed by atoms with van der Waals surface area (Å²) in [6.07, 6.45) is 10.8. The van der Waals surface area contributed by atoms with Crippen molar-refractivity contribution in [2.75, 3.05) is 52.6 Å². The Morgan fingerprint density at radius 2 is 0.508 bits per heavy atom. The predicted molar refractivity (Wildman–Crippen MR) is 477 cm³/mol. The summed E-state index contributed by atoms with van der Waals surface area (Å²) in [6.45, 7) is 15.8. The zero-order valence-electron chi connectivity index (χ0n) is 72.6. The smallest absolute Gasteiger partial charge is 0.251 e. The van der Waals surface area contributed by atoms with Gasteiger partial charge >= 0.3 is 0 Å². The molecular formula is C92H112Cl4N12O20. The van der Waals surface area contributed by atoms with Crippen LogP contribution in [0, 0.1) is 23.7 Å². The van der Waals surface area contributed by atoms with Crippen LogP contribution in [-0.4, -0.2) is 248 Å². The van der Waals surface area contributed by atoms with Crippen LogP contribution in [0.2, 0.25) is 20.1 Å². The lowest BCUT2D eigenvalue weighted by Crippen LogP contribution is -2.44. The van der Waals surface area contributed by atoms with E-state index < -0.39 is 48.6 Å². The Bertz CT molecular complexity index is 4580. The first-order valence-corrected chi connectivity index (χ1v) is 43.7. The monoisotopic (exact) mass is 1840 g/mol. The summed E-state index contributed by atoms with van der Waals surface area (Å²) in [6, 6.07) is 32.4. The number of carbonyl (C=O) groups is 8. The standard InChI is InChI=1S/4C23H28ClN3O5/c4*1-15(2)9-20(21(30)10-16-7-8-26(25-16)12-17(29)14-28)27-13-18(11-23(27)31)32-22-6-4-3-5-19(22)24/h4*3-8,11,15,17,20,28-29H,9-10,12-14H2,1-2H3/t2*17-,20+;2*17-,20-/m1010/s1. The molecular weight excluding hydrogens is 1730 g/mol. The van der Waals surface area contributed by atoms with Crippen LogP contribution in [0.15, 0.2) is 193 Å². The molecule has 128 heavy (non-hydrogen) atoms. The lowest BCUT2D eigenvalue weighted by atomic mass is 9.96. The first-order chi connectivity index (χ1) is 61.0. The van der Waals surface area contributed by atoms with Gasteiger partial charge in [0, 0.05) is 49.1 Å². The van der Waals surface area contributed by atoms with Crippen LogP contribution in [-0.2, 0) is 90.2 Å². The minimum atomic E-state index is -0.919. The van der Waals surface area contributed by atoms with E-state index in [0.717, 1.165) is 0 Å². The van der Waals surface area contributed by atoms with Crippen LogP contribution in [0.4, 0.5) is 0 Å². The van der Waals surface area contributed by atoms with Gasteiger partial charge in [-0.05, 0) is 122 Å². The molecule has 0 fully saturated rings. The van der Waals surface area contributed by atoms with Gasteiger partial charge in [0.05, 0.1) is 196 Å². The molecule has 4 aromatic heterocycles. The van der Waals surface area contributed by atoms with Crippen LogP contribution in [0.25, 0.3) is 0 Å². The Balaban J connectivity index is 0.000000193. The number of ketones is 4. The zero-order chi connectivity index (χ0) is 93.0. The average Bonchev–Trinajstić information content (AvgIpc) is 1.68. The summed E-state index contributed by atoms with van der Waals surface area (Å²) < 4.78 is 29.2. The summed E-state index contributed by atoms with van der Waals surface area (Å²) in [5, 5.41) is 93.1. The number of halogens is 4. The van der Waals surface area contributed by atoms with Gasteiger partial charge in [-0.2, -0.15) is 20.4 Å². The molecule has 12 rings (SSSR count). The highest BCUT2D eigenvalue weighted by molar-refractivity contribution is 6.33. The molecule has 0 saturated heterocycles. The van der Waals surface area contributed by atoms with Gasteiger partial charge in [0.15, 0.2) is 23.1 Å². The van der Waals surface area contributed by atoms with E-state index >= 15 is 0 Å². The van der Waals surface area contributed by atoms with E-state index in [1.54, 1.807) is 146 Å². The number of aromatic nitrogens is 8. The van der Waals surface area contributed by atoms with E-state index in [2.05, 4.69) is 20.4 Å². The molecule has 4 aromatic carbocycles. The molecule has 0 radical (unpaired) electrons. The number of rotatable bonds is 44. The number of benzene rings is 4. The number of aliphatic hydroxyl groups excluding tert-OH is 8. The lowest BCUT2D eigenvalue weighted by molar-refractivity contribution is -0.135. The van der Waals surface area contributed by atoms with Crippen molar-refractivity contribution in [1.82, 2.24) is 58.7 Å². The molecule has 32 nitrogen and oxygen atoms in total. The van der Waals surface area contributed by atoms with Crippen molar-refractivity contribution in [3.05, 3.63) is 236 Å². The fraction of sp³-hybridized carbons (Fsp3) is 0.435. The van der Waals surface area contributed by atoms with Gasteiger partial charge in [-0.15, -0.1) is 0 Å². The third kappa shape index (κ3) is 30.7. The molecule has 0 unspecified atom stereocenters. The van der Waals surface area contributed by atoms with Crippen molar-refractivity contribution in [2.45, 2.75) is 182 Å². The van der Waals surface area contributed by atoms with Crippen LogP contribution in [0.3, 0.4) is 0 Å². The number of Topliss-reactive ketones (excluding diaryl/α,β-unsaturated/α-hetero) is 4. The largest absolute Gasteiger partial charge is 0.458 e. The number of carbonyl (C=O) groups excluding carboxylic acids is 8. The molecule has 4 aliphatic heterocycles. The van der Waals surface area contributed by atoms with Crippen molar-refractivity contribution in [2.24, 2.45) is 23.7 Å².